The first-order valence-corrected chi connectivity index (χ1v) is 10.2. The molecule has 0 atom stereocenters. The van der Waals surface area contributed by atoms with E-state index in [1.165, 1.54) is 0 Å². The van der Waals surface area contributed by atoms with Gasteiger partial charge in [-0.3, -0.25) is 19.4 Å². The van der Waals surface area contributed by atoms with Crippen molar-refractivity contribution in [3.8, 4) is 0 Å². The van der Waals surface area contributed by atoms with Crippen molar-refractivity contribution in [2.75, 3.05) is 5.75 Å². The van der Waals surface area contributed by atoms with Gasteiger partial charge < -0.3 is 4.98 Å². The van der Waals surface area contributed by atoms with Gasteiger partial charge in [0.2, 0.25) is 5.91 Å². The third-order valence-electron chi connectivity index (χ3n) is 4.55. The van der Waals surface area contributed by atoms with Crippen LogP contribution in [0.1, 0.15) is 39.0 Å². The molecule has 0 saturated heterocycles. The van der Waals surface area contributed by atoms with Crippen LogP contribution in [0.2, 0.25) is 0 Å². The maximum Gasteiger partial charge on any atom is 0.278 e. The van der Waals surface area contributed by atoms with Gasteiger partial charge in [-0.05, 0) is 25.8 Å². The van der Waals surface area contributed by atoms with E-state index in [9.17, 15) is 9.59 Å². The van der Waals surface area contributed by atoms with Gasteiger partial charge in [0.1, 0.15) is 11.0 Å². The number of para-hydroxylation sites is 1. The first-order chi connectivity index (χ1) is 13.2. The monoisotopic (exact) mass is 388 g/mol. The number of carbonyl (C=O) groups is 1. The molecule has 0 aliphatic carbocycles. The summed E-state index contributed by atoms with van der Waals surface area (Å²) in [5, 5.41) is 10.2. The summed E-state index contributed by atoms with van der Waals surface area (Å²) < 4.78 is 1.72. The minimum Gasteiger partial charge on any atom is -0.349 e. The summed E-state index contributed by atoms with van der Waals surface area (Å²) in [5.41, 5.74) is 3.83. The minimum atomic E-state index is -0.340. The van der Waals surface area contributed by atoms with Crippen LogP contribution in [-0.2, 0) is 11.3 Å². The standard InChI is InChI=1S/C19H24N4O3S/c1-2-23-18(25)17-16(13-9-6-7-10-14(13)20-17)21-19(23)27-12-8-4-3-5-11-15(24)22-26/h6-7,9-10,20,26H,2-5,8,11-12H2,1H3,(H,22,24). The molecule has 2 aromatic heterocycles. The average molecular weight is 388 g/mol. The number of rotatable bonds is 9. The molecule has 0 aliphatic heterocycles. The number of nitrogens with zero attached hydrogens (tertiary/aromatic N) is 2. The van der Waals surface area contributed by atoms with Crippen LogP contribution in [0.3, 0.4) is 0 Å². The molecule has 0 spiro atoms. The maximum absolute atomic E-state index is 12.8. The Bertz CT molecular complexity index is 996. The van der Waals surface area contributed by atoms with E-state index in [0.29, 0.717) is 18.5 Å². The van der Waals surface area contributed by atoms with Gasteiger partial charge in [-0.1, -0.05) is 42.8 Å². The Labute approximate surface area is 161 Å². The van der Waals surface area contributed by atoms with Crippen molar-refractivity contribution in [3.05, 3.63) is 34.6 Å². The molecular weight excluding hydrogens is 364 g/mol. The van der Waals surface area contributed by atoms with Crippen LogP contribution in [-0.4, -0.2) is 31.4 Å². The Balaban J connectivity index is 1.68. The Kier molecular flexibility index (Phi) is 6.52. The lowest BCUT2D eigenvalue weighted by atomic mass is 10.1. The highest BCUT2D eigenvalue weighted by Crippen LogP contribution is 2.25. The van der Waals surface area contributed by atoms with Crippen LogP contribution in [0.5, 0.6) is 0 Å². The van der Waals surface area contributed by atoms with E-state index in [1.807, 2.05) is 31.2 Å². The molecule has 0 fully saturated rings. The van der Waals surface area contributed by atoms with Crippen molar-refractivity contribution < 1.29 is 10.0 Å². The zero-order chi connectivity index (χ0) is 19.2. The molecule has 144 valence electrons. The zero-order valence-corrected chi connectivity index (χ0v) is 16.1. The van der Waals surface area contributed by atoms with Gasteiger partial charge in [0.25, 0.3) is 5.56 Å². The van der Waals surface area contributed by atoms with Crippen molar-refractivity contribution in [2.45, 2.75) is 50.7 Å². The summed E-state index contributed by atoms with van der Waals surface area (Å²) in [5.74, 6) is 0.527. The van der Waals surface area contributed by atoms with Crippen molar-refractivity contribution in [1.82, 2.24) is 20.0 Å². The summed E-state index contributed by atoms with van der Waals surface area (Å²) >= 11 is 1.60. The highest BCUT2D eigenvalue weighted by molar-refractivity contribution is 7.99. The van der Waals surface area contributed by atoms with Crippen molar-refractivity contribution >= 4 is 39.6 Å². The van der Waals surface area contributed by atoms with Gasteiger partial charge in [-0.25, -0.2) is 10.5 Å². The van der Waals surface area contributed by atoms with Crippen LogP contribution in [0.25, 0.3) is 21.9 Å². The molecule has 0 bridgehead atoms. The largest absolute Gasteiger partial charge is 0.349 e. The number of hydrogen-bond acceptors (Lipinski definition) is 5. The van der Waals surface area contributed by atoms with Gasteiger partial charge in [-0.15, -0.1) is 0 Å². The fraction of sp³-hybridized carbons (Fsp3) is 0.421. The predicted molar refractivity (Wildman–Crippen MR) is 107 cm³/mol. The third kappa shape index (κ3) is 4.33. The molecular formula is C19H24N4O3S. The van der Waals surface area contributed by atoms with E-state index < -0.39 is 0 Å². The number of aromatic amines is 1. The van der Waals surface area contributed by atoms with E-state index in [4.69, 9.17) is 10.2 Å². The summed E-state index contributed by atoms with van der Waals surface area (Å²) in [6, 6.07) is 7.83. The lowest BCUT2D eigenvalue weighted by molar-refractivity contribution is -0.129. The maximum atomic E-state index is 12.8. The number of hydrogen-bond donors (Lipinski definition) is 3. The summed E-state index contributed by atoms with van der Waals surface area (Å²) in [4.78, 5) is 31.8. The molecule has 0 radical (unpaired) electrons. The molecule has 2 heterocycles. The lowest BCUT2D eigenvalue weighted by Gasteiger charge is -2.09. The quantitative estimate of drug-likeness (QED) is 0.171. The number of benzene rings is 1. The Morgan fingerprint density at radius 2 is 2.04 bits per heavy atom. The molecule has 0 unspecified atom stereocenters. The smallest absolute Gasteiger partial charge is 0.278 e. The zero-order valence-electron chi connectivity index (χ0n) is 15.3. The molecule has 8 heteroatoms. The minimum absolute atomic E-state index is 0.0313. The van der Waals surface area contributed by atoms with E-state index >= 15 is 0 Å². The van der Waals surface area contributed by atoms with Crippen LogP contribution in [0, 0.1) is 0 Å². The van der Waals surface area contributed by atoms with Crippen molar-refractivity contribution in [2.24, 2.45) is 0 Å². The number of fused-ring (bicyclic) bond motifs is 3. The summed E-state index contributed by atoms with van der Waals surface area (Å²) in [6.45, 7) is 2.53. The lowest BCUT2D eigenvalue weighted by Crippen LogP contribution is -2.22. The van der Waals surface area contributed by atoms with Gasteiger partial charge in [0.15, 0.2) is 5.16 Å². The molecule has 7 nitrogen and oxygen atoms in total. The molecule has 1 aromatic carbocycles. The number of amides is 1. The molecule has 0 aliphatic rings. The predicted octanol–water partition coefficient (Wildman–Crippen LogP) is 3.45. The Hall–Kier alpha value is -2.32. The van der Waals surface area contributed by atoms with E-state index in [1.54, 1.807) is 21.8 Å². The molecule has 1 amide bonds. The first kappa shape index (κ1) is 19.4. The third-order valence-corrected chi connectivity index (χ3v) is 5.61. The summed E-state index contributed by atoms with van der Waals surface area (Å²) in [6.07, 6.45) is 4.02. The van der Waals surface area contributed by atoms with Gasteiger partial charge in [0, 0.05) is 29.6 Å². The number of thioether (sulfide) groups is 1. The van der Waals surface area contributed by atoms with Crippen LogP contribution >= 0.6 is 11.8 Å². The number of H-pyrrole nitrogens is 1. The fourth-order valence-corrected chi connectivity index (χ4v) is 4.18. The number of nitrogens with one attached hydrogen (secondary N) is 2. The average Bonchev–Trinajstić information content (AvgIpc) is 3.06. The molecule has 3 N–H and O–H groups in total. The molecule has 0 saturated carbocycles. The van der Waals surface area contributed by atoms with Crippen LogP contribution < -0.4 is 11.0 Å². The van der Waals surface area contributed by atoms with E-state index in [0.717, 1.165) is 53.0 Å². The molecule has 3 rings (SSSR count). The second kappa shape index (κ2) is 9.05. The first-order valence-electron chi connectivity index (χ1n) is 9.22. The fourth-order valence-electron chi connectivity index (χ4n) is 3.13. The number of carbonyl (C=O) groups excluding carboxylic acids is 1. The highest BCUT2D eigenvalue weighted by Gasteiger charge is 2.14. The SMILES string of the molecule is CCn1c(SCCCCCCC(=O)NO)nc2c([nH]c3ccccc32)c1=O. The van der Waals surface area contributed by atoms with Crippen molar-refractivity contribution in [3.63, 3.8) is 0 Å². The molecule has 3 aromatic rings. The van der Waals surface area contributed by atoms with Crippen LogP contribution in [0.4, 0.5) is 0 Å². The highest BCUT2D eigenvalue weighted by atomic mass is 32.2. The summed E-state index contributed by atoms with van der Waals surface area (Å²) in [7, 11) is 0. The van der Waals surface area contributed by atoms with Gasteiger partial charge >= 0.3 is 0 Å². The number of hydroxylamine groups is 1. The van der Waals surface area contributed by atoms with E-state index in [2.05, 4.69) is 4.98 Å². The second-order valence-electron chi connectivity index (χ2n) is 6.39. The Morgan fingerprint density at radius 1 is 1.26 bits per heavy atom. The second-order valence-corrected chi connectivity index (χ2v) is 7.45. The Morgan fingerprint density at radius 3 is 2.81 bits per heavy atom. The normalized spacial score (nSPS) is 11.3. The molecule has 27 heavy (non-hydrogen) atoms. The van der Waals surface area contributed by atoms with Gasteiger partial charge in [-0.2, -0.15) is 0 Å². The number of aromatic nitrogens is 3. The van der Waals surface area contributed by atoms with E-state index in [-0.39, 0.29) is 11.5 Å². The van der Waals surface area contributed by atoms with Crippen molar-refractivity contribution in [1.29, 1.82) is 0 Å². The van der Waals surface area contributed by atoms with Crippen LogP contribution in [0.15, 0.2) is 34.2 Å². The number of unbranched alkanes of at least 4 members (excludes halogenated alkanes) is 3. The van der Waals surface area contributed by atoms with Gasteiger partial charge in [0.05, 0.1) is 0 Å². The topological polar surface area (TPSA) is 100 Å².